The molecule has 0 saturated carbocycles. The molecule has 0 amide bonds. The minimum Gasteiger partial charge on any atom is -0.507 e. The Morgan fingerprint density at radius 3 is 0.952 bits per heavy atom. The molecule has 4 aromatic carbocycles. The third-order valence-corrected chi connectivity index (χ3v) is 16.8. The van der Waals surface area contributed by atoms with Crippen molar-refractivity contribution in [2.45, 2.75) is 151 Å². The van der Waals surface area contributed by atoms with E-state index in [0.717, 1.165) is 44.5 Å². The Labute approximate surface area is 373 Å². The van der Waals surface area contributed by atoms with Crippen LogP contribution < -0.4 is 10.6 Å². The zero-order chi connectivity index (χ0) is 46.4. The van der Waals surface area contributed by atoms with Crippen molar-refractivity contribution in [3.63, 3.8) is 0 Å². The van der Waals surface area contributed by atoms with Crippen LogP contribution in [-0.2, 0) is 74.8 Å². The number of rotatable bonds is 10. The minimum atomic E-state index is -3.97. The highest BCUT2D eigenvalue weighted by Gasteiger charge is 2.37. The van der Waals surface area contributed by atoms with Gasteiger partial charge in [0.15, 0.2) is 0 Å². The Kier molecular flexibility index (Phi) is 14.7. The highest BCUT2D eigenvalue weighted by Crippen LogP contribution is 2.52. The lowest BCUT2D eigenvalue weighted by Crippen LogP contribution is -2.26. The summed E-state index contributed by atoms with van der Waals surface area (Å²) in [5.41, 5.74) is 8.48. The molecule has 8 nitrogen and oxygen atoms in total. The highest BCUT2D eigenvalue weighted by atomic mass is 31.2. The third-order valence-electron chi connectivity index (χ3n) is 11.9. The lowest BCUT2D eigenvalue weighted by molar-refractivity contribution is 0.226. The summed E-state index contributed by atoms with van der Waals surface area (Å²) in [6.07, 6.45) is 0.790. The van der Waals surface area contributed by atoms with Crippen molar-refractivity contribution < 1.29 is 37.7 Å². The fourth-order valence-electron chi connectivity index (χ4n) is 8.51. The normalized spacial score (nSPS) is 15.1. The molecule has 0 aromatic heterocycles. The second-order valence-electron chi connectivity index (χ2n) is 21.1. The first-order valence-electron chi connectivity index (χ1n) is 22.3. The van der Waals surface area contributed by atoms with Gasteiger partial charge >= 0.3 is 7.60 Å². The summed E-state index contributed by atoms with van der Waals surface area (Å²) < 4.78 is 55.2. The molecule has 0 radical (unpaired) electrons. The zero-order valence-electron chi connectivity index (χ0n) is 40.5. The van der Waals surface area contributed by atoms with Crippen LogP contribution in [0.1, 0.15) is 171 Å². The van der Waals surface area contributed by atoms with Gasteiger partial charge in [-0.15, -0.1) is 0 Å². The van der Waals surface area contributed by atoms with E-state index in [1.807, 2.05) is 20.8 Å². The van der Waals surface area contributed by atoms with Gasteiger partial charge in [-0.2, -0.15) is 0 Å². The molecule has 62 heavy (non-hydrogen) atoms. The van der Waals surface area contributed by atoms with Crippen molar-refractivity contribution >= 4 is 25.6 Å². The first-order chi connectivity index (χ1) is 28.6. The van der Waals surface area contributed by atoms with E-state index in [1.54, 1.807) is 0 Å². The second kappa shape index (κ2) is 18.3. The van der Waals surface area contributed by atoms with E-state index >= 15 is 9.13 Å². The molecule has 0 spiro atoms. The predicted octanol–water partition coefficient (Wildman–Crippen LogP) is 12.4. The first-order valence-corrected chi connectivity index (χ1v) is 25.6. The molecule has 340 valence electrons. The molecule has 0 fully saturated rings. The average Bonchev–Trinajstić information content (AvgIpc) is 3.12. The van der Waals surface area contributed by atoms with Crippen LogP contribution in [0.3, 0.4) is 0 Å². The Balaban J connectivity index is 2.08. The highest BCUT2D eigenvalue weighted by molar-refractivity contribution is 7.67. The van der Waals surface area contributed by atoms with Crippen LogP contribution in [0.2, 0.25) is 0 Å². The zero-order valence-corrected chi connectivity index (χ0v) is 42.3. The molecule has 10 heteroatoms. The molecule has 1 aliphatic rings. The topological polar surface area (TPSA) is 112 Å². The molecule has 1 aliphatic carbocycles. The van der Waals surface area contributed by atoms with Crippen molar-refractivity contribution in [2.75, 3.05) is 33.3 Å². The van der Waals surface area contributed by atoms with E-state index in [0.29, 0.717) is 32.9 Å². The number of phenolic OH excluding ortho intramolecular Hbond substituents is 2. The Hall–Kier alpha value is -3.22. The maximum absolute atomic E-state index is 15.5. The minimum absolute atomic E-state index is 0.116. The van der Waals surface area contributed by atoms with Crippen LogP contribution in [0.15, 0.2) is 48.5 Å². The van der Waals surface area contributed by atoms with Crippen LogP contribution >= 0.6 is 15.0 Å². The van der Waals surface area contributed by atoms with Crippen molar-refractivity contribution in [3.05, 3.63) is 115 Å². The van der Waals surface area contributed by atoms with Gasteiger partial charge in [0, 0.05) is 38.1 Å². The fourth-order valence-corrected chi connectivity index (χ4v) is 12.8. The van der Waals surface area contributed by atoms with E-state index in [-0.39, 0.29) is 85.0 Å². The molecule has 8 bridgehead atoms. The summed E-state index contributed by atoms with van der Waals surface area (Å²) in [5, 5.41) is 26.3. The molecule has 1 atom stereocenters. The predicted molar refractivity (Wildman–Crippen MR) is 256 cm³/mol. The smallest absolute Gasteiger partial charge is 0.361 e. The third kappa shape index (κ3) is 10.7. The van der Waals surface area contributed by atoms with E-state index < -0.39 is 15.0 Å². The Bertz CT molecular complexity index is 2100. The number of hydrogen-bond acceptors (Lipinski definition) is 8. The van der Waals surface area contributed by atoms with Gasteiger partial charge in [0.05, 0.1) is 25.1 Å². The van der Waals surface area contributed by atoms with Crippen molar-refractivity contribution in [2.24, 2.45) is 0 Å². The lowest BCUT2D eigenvalue weighted by atomic mass is 9.79. The molecule has 5 rings (SSSR count). The van der Waals surface area contributed by atoms with Crippen LogP contribution in [0.25, 0.3) is 0 Å². The summed E-state index contributed by atoms with van der Waals surface area (Å²) in [6, 6.07) is 16.6. The monoisotopic (exact) mass is 888 g/mol. The van der Waals surface area contributed by atoms with Crippen LogP contribution in [0.5, 0.6) is 11.5 Å². The summed E-state index contributed by atoms with van der Waals surface area (Å²) in [7, 11) is -6.12. The Morgan fingerprint density at radius 2 is 0.710 bits per heavy atom. The number of hydrogen-bond donors (Lipinski definition) is 2. The van der Waals surface area contributed by atoms with Crippen molar-refractivity contribution in [1.82, 2.24) is 0 Å². The number of benzene rings is 4. The molecular formula is C52H74O8P2. The lowest BCUT2D eigenvalue weighted by Gasteiger charge is -2.30. The van der Waals surface area contributed by atoms with Gasteiger partial charge in [-0.3, -0.25) is 9.13 Å². The Morgan fingerprint density at radius 1 is 0.452 bits per heavy atom. The number of aromatic hydroxyl groups is 2. The fraction of sp³-hybridized carbons (Fsp3) is 0.538. The van der Waals surface area contributed by atoms with Gasteiger partial charge in [-0.25, -0.2) is 0 Å². The maximum atomic E-state index is 15.5. The summed E-state index contributed by atoms with van der Waals surface area (Å²) in [4.78, 5) is 0. The second-order valence-corrected chi connectivity index (χ2v) is 25.4. The standard InChI is InChI=1S/C52H74O8P2/c1-17-58-61(55,32-57-16)47-37-20-33-24-41(49(4,5)6)26-35(45(33)53)22-39-30-44(52(13,14)15)31-40(48(39)62(56,59-18-2)60-19-3)23-36-27-42(50(7,8)9)25-34(46(36)54)21-38(47)29-43(28-37)51(10,11)12/h24-31,53-54H,17-23,32H2,1-16H3. The van der Waals surface area contributed by atoms with Gasteiger partial charge in [0.25, 0.3) is 7.37 Å². The molecule has 0 aliphatic heterocycles. The number of methoxy groups -OCH3 is 1. The number of fused-ring (bicyclic) bond motifs is 8. The van der Waals surface area contributed by atoms with Crippen LogP contribution in [0.4, 0.5) is 0 Å². The molecular weight excluding hydrogens is 815 g/mol. The largest absolute Gasteiger partial charge is 0.507 e. The average molecular weight is 889 g/mol. The molecule has 0 heterocycles. The summed E-state index contributed by atoms with van der Waals surface area (Å²) in [6.45, 7) is 31.8. The van der Waals surface area contributed by atoms with Gasteiger partial charge in [-0.1, -0.05) is 132 Å². The number of phenols is 2. The van der Waals surface area contributed by atoms with Crippen LogP contribution in [-0.4, -0.2) is 43.5 Å². The SMILES string of the molecule is CCOP(=O)(COC)c1c2cc(C(C)(C)C)cc1Cc1cc(C(C)(C)C)cc(c1O)Cc1cc(C(C)(C)C)cc(c1P(=O)(OCC)OCC)Cc1cc(C(C)(C)C)cc(c1O)C2. The molecule has 2 N–H and O–H groups in total. The van der Waals surface area contributed by atoms with E-state index in [2.05, 4.69) is 132 Å². The molecule has 0 saturated heterocycles. The molecule has 1 unspecified atom stereocenters. The van der Waals surface area contributed by atoms with Gasteiger partial charge in [-0.05, 0) is 109 Å². The van der Waals surface area contributed by atoms with Crippen LogP contribution in [0, 0.1) is 0 Å². The van der Waals surface area contributed by atoms with Gasteiger partial charge in [0.1, 0.15) is 17.8 Å². The van der Waals surface area contributed by atoms with Gasteiger partial charge in [0.2, 0.25) is 0 Å². The first kappa shape index (κ1) is 49.8. The van der Waals surface area contributed by atoms with E-state index in [1.165, 1.54) is 7.11 Å². The van der Waals surface area contributed by atoms with Crippen molar-refractivity contribution in [1.29, 1.82) is 0 Å². The van der Waals surface area contributed by atoms with E-state index in [4.69, 9.17) is 18.3 Å². The van der Waals surface area contributed by atoms with Gasteiger partial charge < -0.3 is 28.5 Å². The maximum Gasteiger partial charge on any atom is 0.361 e. The summed E-state index contributed by atoms with van der Waals surface area (Å²) in [5.74, 6) is 0.233. The summed E-state index contributed by atoms with van der Waals surface area (Å²) >= 11 is 0. The van der Waals surface area contributed by atoms with E-state index in [9.17, 15) is 10.2 Å². The van der Waals surface area contributed by atoms with Crippen molar-refractivity contribution in [3.8, 4) is 11.5 Å². The quantitative estimate of drug-likeness (QED) is 0.133. The molecule has 4 aromatic rings. The number of ether oxygens (including phenoxy) is 1.